The lowest BCUT2D eigenvalue weighted by atomic mass is 10.0. The monoisotopic (exact) mass is 536 g/mol. The Labute approximate surface area is 224 Å². The SMILES string of the molecule is CC(C)n1ccc(=O)c2c(F)cc(-c3nc(Nc4ccc(N5CCC(N(C)C)CC5)c(F)c4)ncc3F)cc21. The van der Waals surface area contributed by atoms with Crippen molar-refractivity contribution in [1.29, 1.82) is 0 Å². The van der Waals surface area contributed by atoms with Gasteiger partial charge in [-0.1, -0.05) is 0 Å². The molecule has 0 saturated carbocycles. The van der Waals surface area contributed by atoms with Crippen molar-refractivity contribution >= 4 is 28.2 Å². The number of piperidine rings is 1. The third-order valence-electron chi connectivity index (χ3n) is 7.29. The molecule has 0 unspecified atom stereocenters. The lowest BCUT2D eigenvalue weighted by Gasteiger charge is -2.36. The molecule has 7 nitrogen and oxygen atoms in total. The number of halogens is 3. The van der Waals surface area contributed by atoms with E-state index in [9.17, 15) is 9.18 Å². The molecule has 0 amide bonds. The number of nitrogens with zero attached hydrogens (tertiary/aromatic N) is 5. The van der Waals surface area contributed by atoms with Gasteiger partial charge in [-0.05, 0) is 71.1 Å². The first kappa shape index (κ1) is 26.7. The van der Waals surface area contributed by atoms with Gasteiger partial charge in [0.05, 0.1) is 22.8 Å². The van der Waals surface area contributed by atoms with Crippen LogP contribution in [0.25, 0.3) is 22.2 Å². The molecule has 1 N–H and O–H groups in total. The summed E-state index contributed by atoms with van der Waals surface area (Å²) in [5.74, 6) is -1.87. The first-order valence-electron chi connectivity index (χ1n) is 13.0. The van der Waals surface area contributed by atoms with E-state index in [0.29, 0.717) is 22.9 Å². The molecule has 204 valence electrons. The fourth-order valence-electron chi connectivity index (χ4n) is 5.16. The van der Waals surface area contributed by atoms with E-state index in [-0.39, 0.29) is 34.5 Å². The molecule has 1 aliphatic rings. The van der Waals surface area contributed by atoms with Gasteiger partial charge in [-0.25, -0.2) is 23.1 Å². The molecule has 3 heterocycles. The second kappa shape index (κ2) is 10.7. The molecule has 1 saturated heterocycles. The van der Waals surface area contributed by atoms with E-state index in [1.165, 1.54) is 12.1 Å². The summed E-state index contributed by atoms with van der Waals surface area (Å²) in [5, 5.41) is 2.86. The van der Waals surface area contributed by atoms with E-state index in [1.54, 1.807) is 29.0 Å². The van der Waals surface area contributed by atoms with Crippen molar-refractivity contribution < 1.29 is 13.2 Å². The zero-order chi connectivity index (χ0) is 27.8. The number of hydrogen-bond acceptors (Lipinski definition) is 6. The Balaban J connectivity index is 1.43. The Hall–Kier alpha value is -3.92. The smallest absolute Gasteiger partial charge is 0.227 e. The number of hydrogen-bond donors (Lipinski definition) is 1. The molecule has 2 aromatic heterocycles. The molecule has 10 heteroatoms. The van der Waals surface area contributed by atoms with E-state index in [1.807, 2.05) is 18.7 Å². The van der Waals surface area contributed by atoms with Gasteiger partial charge in [-0.15, -0.1) is 0 Å². The second-order valence-electron chi connectivity index (χ2n) is 10.4. The summed E-state index contributed by atoms with van der Waals surface area (Å²) in [5.41, 5.74) is 0.833. The molecule has 0 radical (unpaired) electrons. The molecular formula is C29H31F3N6O. The maximum atomic E-state index is 15.1. The third kappa shape index (κ3) is 5.34. The van der Waals surface area contributed by atoms with Crippen LogP contribution in [0.5, 0.6) is 0 Å². The van der Waals surface area contributed by atoms with Gasteiger partial charge in [0.2, 0.25) is 5.95 Å². The van der Waals surface area contributed by atoms with Gasteiger partial charge in [0.25, 0.3) is 0 Å². The molecule has 4 aromatic rings. The Morgan fingerprint density at radius 3 is 2.41 bits per heavy atom. The number of aromatic nitrogens is 3. The van der Waals surface area contributed by atoms with Gasteiger partial charge >= 0.3 is 0 Å². The van der Waals surface area contributed by atoms with Crippen LogP contribution in [-0.2, 0) is 0 Å². The van der Waals surface area contributed by atoms with E-state index >= 15 is 8.78 Å². The van der Waals surface area contributed by atoms with E-state index in [4.69, 9.17) is 0 Å². The van der Waals surface area contributed by atoms with Crippen molar-refractivity contribution in [2.24, 2.45) is 0 Å². The van der Waals surface area contributed by atoms with Crippen LogP contribution >= 0.6 is 0 Å². The number of rotatable bonds is 6. The van der Waals surface area contributed by atoms with Gasteiger partial charge in [0, 0.05) is 48.7 Å². The minimum Gasteiger partial charge on any atom is -0.369 e. The number of pyridine rings is 1. The molecule has 2 aromatic carbocycles. The first-order chi connectivity index (χ1) is 18.6. The number of benzene rings is 2. The molecule has 0 spiro atoms. The second-order valence-corrected chi connectivity index (χ2v) is 10.4. The van der Waals surface area contributed by atoms with Gasteiger partial charge in [0.15, 0.2) is 11.2 Å². The molecule has 0 atom stereocenters. The van der Waals surface area contributed by atoms with E-state index in [0.717, 1.165) is 38.2 Å². The van der Waals surface area contributed by atoms with Crippen LogP contribution in [0.2, 0.25) is 0 Å². The number of nitrogens with one attached hydrogen (secondary N) is 1. The van der Waals surface area contributed by atoms with Crippen LogP contribution < -0.4 is 15.6 Å². The highest BCUT2D eigenvalue weighted by Gasteiger charge is 2.23. The summed E-state index contributed by atoms with van der Waals surface area (Å²) in [7, 11) is 4.12. The Kier molecular flexibility index (Phi) is 7.31. The van der Waals surface area contributed by atoms with E-state index in [2.05, 4.69) is 34.3 Å². The van der Waals surface area contributed by atoms with Crippen LogP contribution in [0, 0.1) is 17.5 Å². The summed E-state index contributed by atoms with van der Waals surface area (Å²) in [6.45, 7) is 5.34. The molecule has 5 rings (SSSR count). The van der Waals surface area contributed by atoms with E-state index < -0.39 is 17.1 Å². The summed E-state index contributed by atoms with van der Waals surface area (Å²) in [6.07, 6.45) is 4.49. The Morgan fingerprint density at radius 2 is 1.74 bits per heavy atom. The molecule has 1 fully saturated rings. The van der Waals surface area contributed by atoms with Gasteiger partial charge < -0.3 is 19.7 Å². The van der Waals surface area contributed by atoms with Crippen LogP contribution in [0.1, 0.15) is 32.7 Å². The van der Waals surface area contributed by atoms with Crippen molar-refractivity contribution in [3.05, 3.63) is 76.5 Å². The van der Waals surface area contributed by atoms with Crippen molar-refractivity contribution in [2.45, 2.75) is 38.8 Å². The quantitative estimate of drug-likeness (QED) is 0.340. The minimum absolute atomic E-state index is 0.0279. The topological polar surface area (TPSA) is 66.3 Å². The fraction of sp³-hybridized carbons (Fsp3) is 0.345. The van der Waals surface area contributed by atoms with Crippen molar-refractivity contribution in [1.82, 2.24) is 19.4 Å². The first-order valence-corrected chi connectivity index (χ1v) is 13.0. The molecule has 1 aliphatic heterocycles. The summed E-state index contributed by atoms with van der Waals surface area (Å²) in [6, 6.07) is 9.17. The van der Waals surface area contributed by atoms with Crippen LogP contribution in [-0.4, -0.2) is 52.7 Å². The van der Waals surface area contributed by atoms with Crippen molar-refractivity contribution in [2.75, 3.05) is 37.4 Å². The molecule has 0 bridgehead atoms. The fourth-order valence-corrected chi connectivity index (χ4v) is 5.16. The zero-order valence-corrected chi connectivity index (χ0v) is 22.4. The minimum atomic E-state index is -0.762. The van der Waals surface area contributed by atoms with Gasteiger partial charge in [-0.2, -0.15) is 0 Å². The highest BCUT2D eigenvalue weighted by atomic mass is 19.1. The lowest BCUT2D eigenvalue weighted by Crippen LogP contribution is -2.42. The van der Waals surface area contributed by atoms with Gasteiger partial charge in [0.1, 0.15) is 17.3 Å². The average Bonchev–Trinajstić information content (AvgIpc) is 2.89. The predicted molar refractivity (Wildman–Crippen MR) is 148 cm³/mol. The molecular weight excluding hydrogens is 505 g/mol. The van der Waals surface area contributed by atoms with Crippen LogP contribution in [0.15, 0.2) is 53.6 Å². The van der Waals surface area contributed by atoms with Crippen LogP contribution in [0.3, 0.4) is 0 Å². The maximum absolute atomic E-state index is 15.1. The van der Waals surface area contributed by atoms with Crippen molar-refractivity contribution in [3.63, 3.8) is 0 Å². The largest absolute Gasteiger partial charge is 0.369 e. The normalized spacial score (nSPS) is 14.5. The Morgan fingerprint density at radius 1 is 1.00 bits per heavy atom. The highest BCUT2D eigenvalue weighted by molar-refractivity contribution is 5.85. The average molecular weight is 537 g/mol. The summed E-state index contributed by atoms with van der Waals surface area (Å²) in [4.78, 5) is 24.8. The van der Waals surface area contributed by atoms with Crippen LogP contribution in [0.4, 0.5) is 30.5 Å². The number of fused-ring (bicyclic) bond motifs is 1. The third-order valence-corrected chi connectivity index (χ3v) is 7.29. The van der Waals surface area contributed by atoms with Gasteiger partial charge in [-0.3, -0.25) is 4.79 Å². The summed E-state index contributed by atoms with van der Waals surface area (Å²) < 4.78 is 46.7. The standard InChI is InChI=1S/C29H31F3N6O/c1-17(2)38-12-9-26(39)27-22(31)13-18(14-25(27)38)28-23(32)16-33-29(35-28)34-19-5-6-24(21(30)15-19)37-10-7-20(8-11-37)36(3)4/h5-6,9,12-17,20H,7-8,10-11H2,1-4H3,(H,33,34,35). The highest BCUT2D eigenvalue weighted by Crippen LogP contribution is 2.30. The molecule has 39 heavy (non-hydrogen) atoms. The lowest BCUT2D eigenvalue weighted by molar-refractivity contribution is 0.249. The predicted octanol–water partition coefficient (Wildman–Crippen LogP) is 5.73. The van der Waals surface area contributed by atoms with Crippen molar-refractivity contribution in [3.8, 4) is 11.3 Å². The zero-order valence-electron chi connectivity index (χ0n) is 22.4. The maximum Gasteiger partial charge on any atom is 0.227 e. The summed E-state index contributed by atoms with van der Waals surface area (Å²) >= 11 is 0. The Bertz CT molecular complexity index is 1580. The molecule has 0 aliphatic carbocycles. The number of anilines is 3.